The molecule has 0 saturated carbocycles. The molecule has 0 bridgehead atoms. The molecule has 0 saturated heterocycles. The summed E-state index contributed by atoms with van der Waals surface area (Å²) in [4.78, 5) is 14.4. The molecule has 9 nitrogen and oxygen atoms in total. The van der Waals surface area contributed by atoms with Gasteiger partial charge in [-0.2, -0.15) is 0 Å². The maximum Gasteiger partial charge on any atom is 0.224 e. The van der Waals surface area contributed by atoms with Crippen LogP contribution in [-0.2, 0) is 30.7 Å². The van der Waals surface area contributed by atoms with Crippen LogP contribution >= 0.6 is 0 Å². The molecule has 0 aliphatic carbocycles. The van der Waals surface area contributed by atoms with Gasteiger partial charge < -0.3 is 9.47 Å². The van der Waals surface area contributed by atoms with Gasteiger partial charge in [-0.15, -0.1) is 15.3 Å². The Morgan fingerprint density at radius 3 is 2.81 bits per heavy atom. The second-order valence-corrected chi connectivity index (χ2v) is 6.83. The first kappa shape index (κ1) is 17.3. The quantitative estimate of drug-likeness (QED) is 0.647. The maximum atomic E-state index is 12.6. The Bertz CT molecular complexity index is 889. The largest absolute Gasteiger partial charge is 0.333 e. The molecule has 1 atom stereocenters. The fourth-order valence-electron chi connectivity index (χ4n) is 3.53. The molecular weight excluding hydrogens is 344 g/mol. The van der Waals surface area contributed by atoms with Crippen molar-refractivity contribution in [2.75, 3.05) is 6.54 Å². The van der Waals surface area contributed by atoms with Crippen molar-refractivity contribution >= 4 is 5.91 Å². The van der Waals surface area contributed by atoms with Crippen molar-refractivity contribution in [1.29, 1.82) is 0 Å². The number of hydrogen-bond donors (Lipinski definition) is 0. The molecule has 0 fully saturated rings. The zero-order valence-electron chi connectivity index (χ0n) is 15.3. The van der Waals surface area contributed by atoms with Crippen molar-refractivity contribution < 1.29 is 4.79 Å². The van der Waals surface area contributed by atoms with Gasteiger partial charge >= 0.3 is 0 Å². The zero-order chi connectivity index (χ0) is 18.6. The lowest BCUT2D eigenvalue weighted by atomic mass is 10.1. The molecule has 1 aliphatic heterocycles. The fraction of sp³-hybridized carbons (Fsp3) is 0.444. The van der Waals surface area contributed by atoms with E-state index < -0.39 is 0 Å². The number of rotatable bonds is 6. The summed E-state index contributed by atoms with van der Waals surface area (Å²) >= 11 is 0. The van der Waals surface area contributed by atoms with Crippen molar-refractivity contribution in [3.8, 4) is 0 Å². The van der Waals surface area contributed by atoms with Crippen LogP contribution < -0.4 is 0 Å². The topological polar surface area (TPSA) is 94.6 Å². The second-order valence-electron chi connectivity index (χ2n) is 6.83. The van der Waals surface area contributed by atoms with Crippen molar-refractivity contribution in [2.24, 2.45) is 0 Å². The lowest BCUT2D eigenvalue weighted by molar-refractivity contribution is -0.133. The number of hydrogen-bond acceptors (Lipinski definition) is 6. The van der Waals surface area contributed by atoms with Crippen LogP contribution in [0.2, 0.25) is 0 Å². The molecule has 9 heteroatoms. The van der Waals surface area contributed by atoms with E-state index in [0.29, 0.717) is 26.1 Å². The fourth-order valence-corrected chi connectivity index (χ4v) is 3.53. The summed E-state index contributed by atoms with van der Waals surface area (Å²) in [6.07, 6.45) is 3.66. The Balaban J connectivity index is 1.39. The van der Waals surface area contributed by atoms with Gasteiger partial charge in [0.2, 0.25) is 5.91 Å². The molecule has 4 rings (SSSR count). The maximum absolute atomic E-state index is 12.6. The van der Waals surface area contributed by atoms with Gasteiger partial charge in [0.05, 0.1) is 19.1 Å². The summed E-state index contributed by atoms with van der Waals surface area (Å²) in [5.74, 6) is 1.92. The highest BCUT2D eigenvalue weighted by Gasteiger charge is 2.28. The first-order valence-corrected chi connectivity index (χ1v) is 9.16. The average Bonchev–Trinajstić information content (AvgIpc) is 3.35. The number of benzene rings is 1. The van der Waals surface area contributed by atoms with Crippen molar-refractivity contribution in [3.05, 3.63) is 53.9 Å². The molecule has 0 unspecified atom stereocenters. The zero-order valence-corrected chi connectivity index (χ0v) is 15.3. The van der Waals surface area contributed by atoms with E-state index in [-0.39, 0.29) is 11.9 Å². The number of aryl methyl sites for hydroxylation is 3. The van der Waals surface area contributed by atoms with Gasteiger partial charge in [-0.1, -0.05) is 30.3 Å². The minimum atomic E-state index is 0.0810. The standard InChI is InChI=1S/C18H22N8O/c1-14-11-24(18(27)9-10-25-13-19-22-23-25)12-17-21-20-16(26(14)17)8-7-15-5-3-2-4-6-15/h2-6,13-14H,7-12H2,1H3/t14-/m0/s1. The lowest BCUT2D eigenvalue weighted by Crippen LogP contribution is -2.41. The Morgan fingerprint density at radius 1 is 1.19 bits per heavy atom. The molecule has 27 heavy (non-hydrogen) atoms. The van der Waals surface area contributed by atoms with E-state index in [0.717, 1.165) is 24.5 Å². The van der Waals surface area contributed by atoms with Gasteiger partial charge in [-0.25, -0.2) is 4.68 Å². The van der Waals surface area contributed by atoms with Crippen LogP contribution in [0.25, 0.3) is 0 Å². The number of fused-ring (bicyclic) bond motifs is 1. The molecule has 140 valence electrons. The van der Waals surface area contributed by atoms with Crippen molar-refractivity contribution in [1.82, 2.24) is 39.9 Å². The number of carbonyl (C=O) groups is 1. The third kappa shape index (κ3) is 3.86. The molecule has 3 aromatic rings. The van der Waals surface area contributed by atoms with Crippen LogP contribution in [0.4, 0.5) is 0 Å². The van der Waals surface area contributed by atoms with E-state index in [4.69, 9.17) is 0 Å². The highest BCUT2D eigenvalue weighted by atomic mass is 16.2. The van der Waals surface area contributed by atoms with Gasteiger partial charge in [0.15, 0.2) is 5.82 Å². The highest BCUT2D eigenvalue weighted by molar-refractivity contribution is 5.76. The SMILES string of the molecule is C[C@H]1CN(C(=O)CCn2cnnn2)Cc2nnc(CCc3ccccc3)n21. The van der Waals surface area contributed by atoms with E-state index in [1.165, 1.54) is 11.9 Å². The summed E-state index contributed by atoms with van der Waals surface area (Å²) in [5.41, 5.74) is 1.29. The van der Waals surface area contributed by atoms with E-state index in [2.05, 4.69) is 61.5 Å². The van der Waals surface area contributed by atoms with Gasteiger partial charge in [-0.05, 0) is 29.3 Å². The summed E-state index contributed by atoms with van der Waals surface area (Å²) in [5, 5.41) is 19.7. The Kier molecular flexibility index (Phi) is 4.91. The van der Waals surface area contributed by atoms with Gasteiger partial charge in [-0.3, -0.25) is 4.79 Å². The third-order valence-electron chi connectivity index (χ3n) is 4.87. The van der Waals surface area contributed by atoms with Crippen LogP contribution in [0.5, 0.6) is 0 Å². The molecule has 0 spiro atoms. The monoisotopic (exact) mass is 366 g/mol. The summed E-state index contributed by atoms with van der Waals surface area (Å²) in [6, 6.07) is 10.5. The molecular formula is C18H22N8O. The molecule has 2 aromatic heterocycles. The molecule has 1 aliphatic rings. The minimum Gasteiger partial charge on any atom is -0.333 e. The Labute approximate surface area is 157 Å². The van der Waals surface area contributed by atoms with Crippen LogP contribution in [0.15, 0.2) is 36.7 Å². The van der Waals surface area contributed by atoms with E-state index in [9.17, 15) is 4.79 Å². The van der Waals surface area contributed by atoms with Gasteiger partial charge in [0.25, 0.3) is 0 Å². The number of amides is 1. The van der Waals surface area contributed by atoms with E-state index in [1.54, 1.807) is 4.68 Å². The van der Waals surface area contributed by atoms with Gasteiger partial charge in [0.1, 0.15) is 12.2 Å². The molecule has 0 N–H and O–H groups in total. The third-order valence-corrected chi connectivity index (χ3v) is 4.87. The second kappa shape index (κ2) is 7.65. The van der Waals surface area contributed by atoms with E-state index >= 15 is 0 Å². The molecule has 3 heterocycles. The van der Waals surface area contributed by atoms with E-state index in [1.807, 2.05) is 11.0 Å². The number of aromatic nitrogens is 7. The predicted octanol–water partition coefficient (Wildman–Crippen LogP) is 1.04. The highest BCUT2D eigenvalue weighted by Crippen LogP contribution is 2.23. The minimum absolute atomic E-state index is 0.0810. The Morgan fingerprint density at radius 2 is 2.04 bits per heavy atom. The lowest BCUT2D eigenvalue weighted by Gasteiger charge is -2.32. The summed E-state index contributed by atoms with van der Waals surface area (Å²) < 4.78 is 3.75. The van der Waals surface area contributed by atoms with Crippen LogP contribution in [0, 0.1) is 0 Å². The molecule has 0 radical (unpaired) electrons. The smallest absolute Gasteiger partial charge is 0.224 e. The predicted molar refractivity (Wildman–Crippen MR) is 96.4 cm³/mol. The molecule has 1 amide bonds. The van der Waals surface area contributed by atoms with Crippen LogP contribution in [0.1, 0.15) is 36.6 Å². The van der Waals surface area contributed by atoms with Gasteiger partial charge in [0, 0.05) is 19.4 Å². The summed E-state index contributed by atoms with van der Waals surface area (Å²) in [6.45, 7) is 3.75. The number of carbonyl (C=O) groups excluding carboxylic acids is 1. The van der Waals surface area contributed by atoms with Crippen molar-refractivity contribution in [2.45, 2.75) is 45.3 Å². The summed E-state index contributed by atoms with van der Waals surface area (Å²) in [7, 11) is 0. The molecule has 1 aromatic carbocycles. The first-order valence-electron chi connectivity index (χ1n) is 9.16. The Hall–Kier alpha value is -3.10. The average molecular weight is 366 g/mol. The van der Waals surface area contributed by atoms with Crippen LogP contribution in [-0.4, -0.2) is 52.3 Å². The number of nitrogens with zero attached hydrogens (tertiary/aromatic N) is 8. The van der Waals surface area contributed by atoms with Crippen LogP contribution in [0.3, 0.4) is 0 Å². The van der Waals surface area contributed by atoms with Crippen molar-refractivity contribution in [3.63, 3.8) is 0 Å². The normalized spacial score (nSPS) is 16.3. The first-order chi connectivity index (χ1) is 13.2. The number of tetrazole rings is 1.